The highest BCUT2D eigenvalue weighted by molar-refractivity contribution is 6.31. The number of nitrogens with zero attached hydrogens (tertiary/aromatic N) is 1. The maximum atomic E-state index is 13.1. The molecule has 1 amide bonds. The Kier molecular flexibility index (Phi) is 7.00. The normalized spacial score (nSPS) is 11.0. The molecule has 0 aliphatic carbocycles. The standard InChI is InChI=1S/C23H15ClF3N3O2.ClH/c24-20-6-4-16(11-19(20)23(25,26)27)30-22(31)14-2-1-13-3-5-17(10-15(13)9-14)32-18-7-8-29-21(28)12-18;/h1-12H,(H2,28,29)(H,30,31);1H. The molecular formula is C23H16Cl2F3N3O2. The number of nitrogen functional groups attached to an aromatic ring is 1. The number of nitrogens with one attached hydrogen (secondary N) is 1. The van der Waals surface area contributed by atoms with Crippen LogP contribution in [0.3, 0.4) is 0 Å². The predicted octanol–water partition coefficient (Wildman–Crippen LogP) is 6.96. The summed E-state index contributed by atoms with van der Waals surface area (Å²) in [7, 11) is 0. The Morgan fingerprint density at radius 1 is 0.939 bits per heavy atom. The van der Waals surface area contributed by atoms with Crippen LogP contribution < -0.4 is 15.8 Å². The number of anilines is 2. The molecule has 10 heteroatoms. The SMILES string of the molecule is Cl.Nc1cc(Oc2ccc3ccc(C(=O)Nc4ccc(Cl)c(C(F)(F)F)c4)cc3c2)ccn1. The Balaban J connectivity index is 0.00000306. The number of carbonyl (C=O) groups is 1. The van der Waals surface area contributed by atoms with E-state index in [-0.39, 0.29) is 23.7 Å². The molecule has 3 aromatic carbocycles. The summed E-state index contributed by atoms with van der Waals surface area (Å²) < 4.78 is 45.0. The molecule has 33 heavy (non-hydrogen) atoms. The monoisotopic (exact) mass is 493 g/mol. The van der Waals surface area contributed by atoms with Crippen molar-refractivity contribution in [3.05, 3.63) is 89.1 Å². The largest absolute Gasteiger partial charge is 0.457 e. The molecule has 0 spiro atoms. The first-order valence-electron chi connectivity index (χ1n) is 9.30. The molecule has 0 aliphatic heterocycles. The zero-order valence-corrected chi connectivity index (χ0v) is 18.3. The van der Waals surface area contributed by atoms with E-state index in [0.29, 0.717) is 22.7 Å². The Hall–Kier alpha value is -3.49. The zero-order chi connectivity index (χ0) is 22.9. The Bertz CT molecular complexity index is 1330. The Labute approximate surface area is 197 Å². The molecule has 0 saturated heterocycles. The van der Waals surface area contributed by atoms with Gasteiger partial charge in [-0.15, -0.1) is 12.4 Å². The molecule has 1 heterocycles. The van der Waals surface area contributed by atoms with Gasteiger partial charge in [0.15, 0.2) is 0 Å². The number of benzene rings is 3. The van der Waals surface area contributed by atoms with Gasteiger partial charge in [0.05, 0.1) is 10.6 Å². The maximum absolute atomic E-state index is 13.1. The smallest absolute Gasteiger partial charge is 0.417 e. The summed E-state index contributed by atoms with van der Waals surface area (Å²) in [6.45, 7) is 0. The lowest BCUT2D eigenvalue weighted by molar-refractivity contribution is -0.137. The molecule has 170 valence electrons. The Morgan fingerprint density at radius 3 is 2.39 bits per heavy atom. The summed E-state index contributed by atoms with van der Waals surface area (Å²) in [6, 6.07) is 16.7. The summed E-state index contributed by atoms with van der Waals surface area (Å²) in [5, 5.41) is 3.60. The van der Waals surface area contributed by atoms with Gasteiger partial charge < -0.3 is 15.8 Å². The molecule has 4 aromatic rings. The molecule has 0 atom stereocenters. The van der Waals surface area contributed by atoms with Gasteiger partial charge in [-0.2, -0.15) is 13.2 Å². The van der Waals surface area contributed by atoms with Gasteiger partial charge in [-0.3, -0.25) is 4.79 Å². The number of aromatic nitrogens is 1. The van der Waals surface area contributed by atoms with Gasteiger partial charge in [-0.25, -0.2) is 4.98 Å². The minimum Gasteiger partial charge on any atom is -0.457 e. The Morgan fingerprint density at radius 2 is 1.67 bits per heavy atom. The van der Waals surface area contributed by atoms with E-state index < -0.39 is 22.7 Å². The number of amides is 1. The zero-order valence-electron chi connectivity index (χ0n) is 16.7. The van der Waals surface area contributed by atoms with Crippen LogP contribution >= 0.6 is 24.0 Å². The van der Waals surface area contributed by atoms with E-state index >= 15 is 0 Å². The number of carbonyl (C=O) groups excluding carboxylic acids is 1. The third kappa shape index (κ3) is 5.66. The summed E-state index contributed by atoms with van der Waals surface area (Å²) >= 11 is 5.63. The lowest BCUT2D eigenvalue weighted by atomic mass is 10.1. The minimum absolute atomic E-state index is 0. The second-order valence-corrected chi connectivity index (χ2v) is 7.30. The van der Waals surface area contributed by atoms with Crippen molar-refractivity contribution in [1.82, 2.24) is 4.98 Å². The summed E-state index contributed by atoms with van der Waals surface area (Å²) in [5.41, 5.74) is 4.89. The lowest BCUT2D eigenvalue weighted by Crippen LogP contribution is -2.13. The van der Waals surface area contributed by atoms with Crippen LogP contribution in [0.4, 0.5) is 24.7 Å². The number of nitrogens with two attached hydrogens (primary N) is 1. The van der Waals surface area contributed by atoms with Crippen molar-refractivity contribution in [2.75, 3.05) is 11.1 Å². The molecule has 3 N–H and O–H groups in total. The van der Waals surface area contributed by atoms with Crippen molar-refractivity contribution in [3.8, 4) is 11.5 Å². The van der Waals surface area contributed by atoms with Crippen LogP contribution in [-0.4, -0.2) is 10.9 Å². The first-order chi connectivity index (χ1) is 15.2. The van der Waals surface area contributed by atoms with Crippen LogP contribution in [0.2, 0.25) is 5.02 Å². The van der Waals surface area contributed by atoms with Gasteiger partial charge in [0.25, 0.3) is 5.91 Å². The van der Waals surface area contributed by atoms with Crippen molar-refractivity contribution in [3.63, 3.8) is 0 Å². The summed E-state index contributed by atoms with van der Waals surface area (Å²) in [4.78, 5) is 16.5. The van der Waals surface area contributed by atoms with Crippen molar-refractivity contribution in [2.24, 2.45) is 0 Å². The van der Waals surface area contributed by atoms with Gasteiger partial charge >= 0.3 is 6.18 Å². The number of fused-ring (bicyclic) bond motifs is 1. The van der Waals surface area contributed by atoms with Gasteiger partial charge in [0.1, 0.15) is 17.3 Å². The molecule has 4 rings (SSSR count). The molecule has 1 aromatic heterocycles. The van der Waals surface area contributed by atoms with E-state index in [9.17, 15) is 18.0 Å². The molecule has 5 nitrogen and oxygen atoms in total. The average molecular weight is 494 g/mol. The molecule has 0 bridgehead atoms. The maximum Gasteiger partial charge on any atom is 0.417 e. The molecule has 0 radical (unpaired) electrons. The second-order valence-electron chi connectivity index (χ2n) is 6.89. The lowest BCUT2D eigenvalue weighted by Gasteiger charge is -2.12. The van der Waals surface area contributed by atoms with Crippen molar-refractivity contribution >= 4 is 52.2 Å². The number of halogens is 5. The average Bonchev–Trinajstić information content (AvgIpc) is 2.74. The number of rotatable bonds is 4. The fourth-order valence-electron chi connectivity index (χ4n) is 3.08. The third-order valence-corrected chi connectivity index (χ3v) is 4.92. The van der Waals surface area contributed by atoms with E-state index in [2.05, 4.69) is 10.3 Å². The van der Waals surface area contributed by atoms with Crippen LogP contribution in [0, 0.1) is 0 Å². The molecule has 0 unspecified atom stereocenters. The second kappa shape index (κ2) is 9.56. The number of hydrogen-bond donors (Lipinski definition) is 2. The fourth-order valence-corrected chi connectivity index (χ4v) is 3.31. The van der Waals surface area contributed by atoms with E-state index in [1.165, 1.54) is 12.3 Å². The summed E-state index contributed by atoms with van der Waals surface area (Å²) in [5.74, 6) is 0.788. The minimum atomic E-state index is -4.63. The number of hydrogen-bond acceptors (Lipinski definition) is 4. The number of alkyl halides is 3. The molecule has 0 fully saturated rings. The van der Waals surface area contributed by atoms with Crippen molar-refractivity contribution < 1.29 is 22.7 Å². The number of pyridine rings is 1. The van der Waals surface area contributed by atoms with Crippen LogP contribution in [0.5, 0.6) is 11.5 Å². The van der Waals surface area contributed by atoms with E-state index in [4.69, 9.17) is 22.1 Å². The summed E-state index contributed by atoms with van der Waals surface area (Å²) in [6.07, 6.45) is -3.11. The van der Waals surface area contributed by atoms with E-state index in [1.54, 1.807) is 42.5 Å². The van der Waals surface area contributed by atoms with Crippen molar-refractivity contribution in [2.45, 2.75) is 6.18 Å². The van der Waals surface area contributed by atoms with Crippen LogP contribution in [0.1, 0.15) is 15.9 Å². The van der Waals surface area contributed by atoms with Gasteiger partial charge in [0.2, 0.25) is 0 Å². The van der Waals surface area contributed by atoms with E-state index in [1.807, 2.05) is 6.07 Å². The van der Waals surface area contributed by atoms with Gasteiger partial charge in [0, 0.05) is 23.5 Å². The first kappa shape index (κ1) is 24.2. The molecule has 0 aliphatic rings. The highest BCUT2D eigenvalue weighted by Crippen LogP contribution is 2.36. The highest BCUT2D eigenvalue weighted by atomic mass is 35.5. The number of ether oxygens (including phenoxy) is 1. The highest BCUT2D eigenvalue weighted by Gasteiger charge is 2.33. The van der Waals surface area contributed by atoms with Crippen LogP contribution in [0.25, 0.3) is 10.8 Å². The van der Waals surface area contributed by atoms with Crippen LogP contribution in [0.15, 0.2) is 72.9 Å². The third-order valence-electron chi connectivity index (χ3n) is 4.59. The first-order valence-corrected chi connectivity index (χ1v) is 9.68. The fraction of sp³-hybridized carbons (Fsp3) is 0.0435. The van der Waals surface area contributed by atoms with Crippen molar-refractivity contribution in [1.29, 1.82) is 0 Å². The van der Waals surface area contributed by atoms with Crippen LogP contribution in [-0.2, 0) is 6.18 Å². The predicted molar refractivity (Wildman–Crippen MR) is 124 cm³/mol. The van der Waals surface area contributed by atoms with E-state index in [0.717, 1.165) is 17.5 Å². The van der Waals surface area contributed by atoms with Gasteiger partial charge in [-0.1, -0.05) is 23.7 Å². The topological polar surface area (TPSA) is 77.2 Å². The molecule has 0 saturated carbocycles. The quantitative estimate of drug-likeness (QED) is 0.322. The van der Waals surface area contributed by atoms with Gasteiger partial charge in [-0.05, 0) is 59.3 Å². The molecular weight excluding hydrogens is 478 g/mol.